The average Bonchev–Trinajstić information content (AvgIpc) is 3.71. The van der Waals surface area contributed by atoms with Crippen LogP contribution in [0.4, 0.5) is 0 Å². The summed E-state index contributed by atoms with van der Waals surface area (Å²) in [5.74, 6) is 0.589. The van der Waals surface area contributed by atoms with Crippen molar-refractivity contribution in [2.75, 3.05) is 0 Å². The Morgan fingerprint density at radius 3 is 2.09 bits per heavy atom. The molecular formula is C43H45Cl2SiZr. The first-order valence-corrected chi connectivity index (χ1v) is 21.5. The summed E-state index contributed by atoms with van der Waals surface area (Å²) in [4.78, 5) is 0. The summed E-state index contributed by atoms with van der Waals surface area (Å²) < 4.78 is 0.566. The third kappa shape index (κ3) is 5.06. The second-order valence-corrected chi connectivity index (χ2v) is 21.6. The first-order chi connectivity index (χ1) is 21.4. The van der Waals surface area contributed by atoms with E-state index in [9.17, 15) is 0 Å². The molecule has 8 rings (SSSR count). The van der Waals surface area contributed by atoms with E-state index in [-0.39, 0.29) is 30.2 Å². The van der Waals surface area contributed by atoms with Gasteiger partial charge in [-0.05, 0) is 0 Å². The van der Waals surface area contributed by atoms with Crippen LogP contribution in [0.1, 0.15) is 96.1 Å². The smallest absolute Gasteiger partial charge is 1.00 e. The second kappa shape index (κ2) is 12.1. The van der Waals surface area contributed by atoms with Gasteiger partial charge in [0.2, 0.25) is 0 Å². The van der Waals surface area contributed by atoms with Crippen LogP contribution in [0.25, 0.3) is 33.0 Å². The molecule has 0 nitrogen and oxygen atoms in total. The molecule has 0 saturated carbocycles. The fourth-order valence-electron chi connectivity index (χ4n) is 9.46. The normalized spacial score (nSPS) is 18.5. The number of aryl methyl sites for hydroxylation is 1. The number of fused-ring (bicyclic) bond motifs is 3. The monoisotopic (exact) mass is 749 g/mol. The molecule has 1 unspecified atom stereocenters. The SMILES string of the molecule is CC1=C(c2cc3c4c(-c5ccc(C(C)(C)C)cc5)c2[Si](C)(C)C4=C(C(C)C)[CH]3[Zr+2])c2cc3c(c(-c4ccccc4)c2C1)CCC3.[Cl-].[Cl-]. The van der Waals surface area contributed by atoms with Crippen LogP contribution in [0.3, 0.4) is 0 Å². The van der Waals surface area contributed by atoms with Gasteiger partial charge < -0.3 is 24.8 Å². The van der Waals surface area contributed by atoms with E-state index in [1.165, 1.54) is 41.5 Å². The van der Waals surface area contributed by atoms with Crippen LogP contribution < -0.4 is 30.0 Å². The van der Waals surface area contributed by atoms with Gasteiger partial charge in [-0.1, -0.05) is 0 Å². The molecule has 1 atom stereocenters. The quantitative estimate of drug-likeness (QED) is 0.266. The van der Waals surface area contributed by atoms with E-state index in [1.54, 1.807) is 96.3 Å². The summed E-state index contributed by atoms with van der Waals surface area (Å²) in [6.45, 7) is 19.6. The molecule has 0 amide bonds. The van der Waals surface area contributed by atoms with Gasteiger partial charge in [-0.2, -0.15) is 0 Å². The fourth-order valence-corrected chi connectivity index (χ4v) is 15.6. The van der Waals surface area contributed by atoms with Gasteiger partial charge in [-0.3, -0.25) is 0 Å². The van der Waals surface area contributed by atoms with Crippen molar-refractivity contribution in [3.8, 4) is 22.3 Å². The van der Waals surface area contributed by atoms with E-state index < -0.39 is 8.07 Å². The first kappa shape index (κ1) is 34.9. The number of allylic oxidation sites excluding steroid dienone is 2. The molecule has 0 saturated heterocycles. The van der Waals surface area contributed by atoms with Crippen molar-refractivity contribution in [3.05, 3.63) is 122 Å². The molecule has 0 aromatic heterocycles. The zero-order valence-electron chi connectivity index (χ0n) is 29.1. The molecule has 1 aliphatic heterocycles. The molecule has 239 valence electrons. The first-order valence-electron chi connectivity index (χ1n) is 17.1. The number of hydrogen-bond acceptors (Lipinski definition) is 0. The molecule has 4 heteroatoms. The van der Waals surface area contributed by atoms with Gasteiger partial charge in [0, 0.05) is 0 Å². The molecule has 47 heavy (non-hydrogen) atoms. The van der Waals surface area contributed by atoms with Crippen molar-refractivity contribution < 1.29 is 49.5 Å². The fraction of sp³-hybridized carbons (Fsp3) is 0.349. The van der Waals surface area contributed by atoms with Crippen molar-refractivity contribution in [2.45, 2.75) is 89.4 Å². The van der Waals surface area contributed by atoms with Gasteiger partial charge in [0.15, 0.2) is 0 Å². The summed E-state index contributed by atoms with van der Waals surface area (Å²) >= 11 is 1.64. The molecule has 0 radical (unpaired) electrons. The maximum atomic E-state index is 2.71. The molecule has 4 aromatic rings. The van der Waals surface area contributed by atoms with Crippen LogP contribution in [0.5, 0.6) is 0 Å². The second-order valence-electron chi connectivity index (χ2n) is 16.0. The van der Waals surface area contributed by atoms with E-state index >= 15 is 0 Å². The number of halogens is 2. The summed E-state index contributed by atoms with van der Waals surface area (Å²) in [6, 6.07) is 26.3. The van der Waals surface area contributed by atoms with Gasteiger partial charge in [-0.15, -0.1) is 0 Å². The van der Waals surface area contributed by atoms with E-state index in [2.05, 4.69) is 121 Å². The van der Waals surface area contributed by atoms with Gasteiger partial charge >= 0.3 is 289 Å². The largest absolute Gasteiger partial charge is 1.00 e. The van der Waals surface area contributed by atoms with Crippen molar-refractivity contribution in [1.29, 1.82) is 0 Å². The summed E-state index contributed by atoms with van der Waals surface area (Å²) in [5.41, 5.74) is 23.5. The Bertz CT molecular complexity index is 1990. The minimum absolute atomic E-state index is 0. The summed E-state index contributed by atoms with van der Waals surface area (Å²) in [7, 11) is -1.99. The third-order valence-corrected chi connectivity index (χ3v) is 16.5. The maximum absolute atomic E-state index is 2.71. The molecule has 3 aliphatic carbocycles. The van der Waals surface area contributed by atoms with E-state index in [1.807, 2.05) is 0 Å². The minimum atomic E-state index is -1.99. The summed E-state index contributed by atoms with van der Waals surface area (Å²) in [6.07, 6.45) is 4.77. The predicted molar refractivity (Wildman–Crippen MR) is 191 cm³/mol. The molecule has 4 aliphatic rings. The van der Waals surface area contributed by atoms with E-state index in [4.69, 9.17) is 0 Å². The Labute approximate surface area is 311 Å². The Morgan fingerprint density at radius 1 is 0.787 bits per heavy atom. The molecule has 2 bridgehead atoms. The molecular weight excluding hydrogens is 707 g/mol. The Morgan fingerprint density at radius 2 is 1.45 bits per heavy atom. The molecule has 4 aromatic carbocycles. The van der Waals surface area contributed by atoms with Gasteiger partial charge in [0.05, 0.1) is 0 Å². The molecule has 0 spiro atoms. The van der Waals surface area contributed by atoms with Crippen molar-refractivity contribution in [1.82, 2.24) is 0 Å². The van der Waals surface area contributed by atoms with Gasteiger partial charge in [-0.25, -0.2) is 0 Å². The van der Waals surface area contributed by atoms with Crippen molar-refractivity contribution >= 4 is 24.0 Å². The van der Waals surface area contributed by atoms with Crippen LogP contribution in [-0.4, -0.2) is 8.07 Å². The topological polar surface area (TPSA) is 0 Å². The van der Waals surface area contributed by atoms with E-state index in [0.717, 1.165) is 6.42 Å². The minimum Gasteiger partial charge on any atom is -1.00 e. The van der Waals surface area contributed by atoms with Crippen LogP contribution >= 0.6 is 0 Å². The van der Waals surface area contributed by atoms with Crippen LogP contribution in [-0.2, 0) is 49.4 Å². The van der Waals surface area contributed by atoms with Crippen LogP contribution in [0, 0.1) is 5.92 Å². The Balaban J connectivity index is 0.00000193. The zero-order valence-corrected chi connectivity index (χ0v) is 34.1. The van der Waals surface area contributed by atoms with Crippen LogP contribution in [0.2, 0.25) is 13.1 Å². The number of benzene rings is 4. The van der Waals surface area contributed by atoms with Gasteiger partial charge in [0.25, 0.3) is 0 Å². The molecule has 0 N–H and O–H groups in total. The summed E-state index contributed by atoms with van der Waals surface area (Å²) in [5, 5.41) is 3.48. The molecule has 0 fully saturated rings. The van der Waals surface area contributed by atoms with Crippen LogP contribution in [0.15, 0.2) is 77.9 Å². The number of rotatable bonds is 4. The number of hydrogen-bond donors (Lipinski definition) is 0. The Hall–Kier alpha value is -1.96. The molecule has 1 heterocycles. The Kier molecular flexibility index (Phi) is 9.00. The third-order valence-electron chi connectivity index (χ3n) is 11.4. The van der Waals surface area contributed by atoms with E-state index in [0.29, 0.717) is 9.54 Å². The van der Waals surface area contributed by atoms with Crippen molar-refractivity contribution in [2.24, 2.45) is 5.92 Å². The predicted octanol–water partition coefficient (Wildman–Crippen LogP) is 4.67. The van der Waals surface area contributed by atoms with Crippen molar-refractivity contribution in [3.63, 3.8) is 0 Å². The zero-order chi connectivity index (χ0) is 31.6. The maximum Gasteiger partial charge on any atom is -1.00 e. The van der Waals surface area contributed by atoms with Gasteiger partial charge in [0.1, 0.15) is 0 Å². The average molecular weight is 752 g/mol. The standard InChI is InChI=1S/C43H45Si.2ClH.Zr/c1-25(2)33-23-30-24-36(42-39(40(30)41(33)44(42,7)8)28-17-19-31(20-18-28)43(4,5)6)37-26(3)21-34-35(37)22-29-15-12-16-32(29)38(34)27-13-10-9-11-14-27;;;/h9-11,13-14,17-20,22-25H,12,15-16,21H2,1-8H3;2*1H;/q;;;+2/p-2.